The minimum Gasteiger partial charge on any atom is -0.462 e. The Kier molecular flexibility index (Phi) is 5.54. The van der Waals surface area contributed by atoms with Crippen LogP contribution in [0.25, 0.3) is 21.9 Å². The average molecular weight is 337 g/mol. The van der Waals surface area contributed by atoms with Crippen molar-refractivity contribution in [1.82, 2.24) is 4.98 Å². The molecule has 0 unspecified atom stereocenters. The standard InChI is InChI=1S/C18H15N3O4/c1-3-24-17(22)13(9-19)15-11-7-5-6-8-12(11)16(21-15)14(10-20)18(23)25-4-2/h5-8,21H,3-4H2,1-2H3. The van der Waals surface area contributed by atoms with Crippen molar-refractivity contribution in [3.8, 4) is 12.1 Å². The van der Waals surface area contributed by atoms with Gasteiger partial charge in [0.15, 0.2) is 11.1 Å². The number of ether oxygens (including phenoxy) is 2. The second-order valence-electron chi connectivity index (χ2n) is 4.84. The van der Waals surface area contributed by atoms with E-state index in [0.29, 0.717) is 10.8 Å². The van der Waals surface area contributed by atoms with Gasteiger partial charge in [-0.3, -0.25) is 0 Å². The number of hydrogen-bond donors (Lipinski definition) is 1. The van der Waals surface area contributed by atoms with Crippen LogP contribution in [0.3, 0.4) is 0 Å². The number of nitriles is 2. The third-order valence-electron chi connectivity index (χ3n) is 3.40. The molecule has 2 aromatic rings. The summed E-state index contributed by atoms with van der Waals surface area (Å²) in [6.45, 7) is 3.50. The number of nitrogens with one attached hydrogen (secondary N) is 1. The lowest BCUT2D eigenvalue weighted by Crippen LogP contribution is -2.22. The summed E-state index contributed by atoms with van der Waals surface area (Å²) in [6.07, 6.45) is 0. The lowest BCUT2D eigenvalue weighted by Gasteiger charge is -1.98. The molecule has 1 aromatic carbocycles. The average Bonchev–Trinajstić information content (AvgIpc) is 2.97. The molecule has 0 fully saturated rings. The van der Waals surface area contributed by atoms with Crippen LogP contribution < -0.4 is 10.7 Å². The highest BCUT2D eigenvalue weighted by molar-refractivity contribution is 6.18. The molecule has 1 aromatic heterocycles. The van der Waals surface area contributed by atoms with Crippen molar-refractivity contribution >= 4 is 33.9 Å². The maximum absolute atomic E-state index is 12.0. The first-order valence-electron chi connectivity index (χ1n) is 7.58. The van der Waals surface area contributed by atoms with Crippen molar-refractivity contribution in [3.05, 3.63) is 35.0 Å². The summed E-state index contributed by atoms with van der Waals surface area (Å²) in [4.78, 5) is 26.9. The van der Waals surface area contributed by atoms with Gasteiger partial charge in [-0.15, -0.1) is 0 Å². The summed E-state index contributed by atoms with van der Waals surface area (Å²) >= 11 is 0. The Hall–Kier alpha value is -3.58. The molecule has 0 radical (unpaired) electrons. The summed E-state index contributed by atoms with van der Waals surface area (Å²) in [6, 6.07) is 10.5. The van der Waals surface area contributed by atoms with E-state index in [1.54, 1.807) is 38.1 Å². The number of esters is 2. The summed E-state index contributed by atoms with van der Waals surface area (Å²) in [5.74, 6) is -1.56. The van der Waals surface area contributed by atoms with Crippen LogP contribution in [0.1, 0.15) is 13.8 Å². The third kappa shape index (κ3) is 3.36. The van der Waals surface area contributed by atoms with Crippen LogP contribution in [0.5, 0.6) is 0 Å². The van der Waals surface area contributed by atoms with E-state index in [1.165, 1.54) is 0 Å². The van der Waals surface area contributed by atoms with Crippen molar-refractivity contribution in [1.29, 1.82) is 10.5 Å². The molecule has 0 bridgehead atoms. The Morgan fingerprint density at radius 3 is 1.64 bits per heavy atom. The van der Waals surface area contributed by atoms with Crippen LogP contribution in [-0.2, 0) is 19.1 Å². The van der Waals surface area contributed by atoms with Gasteiger partial charge in [-0.2, -0.15) is 10.5 Å². The number of carbonyl (C=O) groups excluding carboxylic acids is 2. The summed E-state index contributed by atoms with van der Waals surface area (Å²) in [7, 11) is 0. The molecule has 0 spiro atoms. The molecule has 7 nitrogen and oxygen atoms in total. The zero-order chi connectivity index (χ0) is 18.4. The zero-order valence-electron chi connectivity index (χ0n) is 13.8. The summed E-state index contributed by atoms with van der Waals surface area (Å²) in [5.41, 5.74) is -0.462. The lowest BCUT2D eigenvalue weighted by molar-refractivity contribution is -0.136. The first-order valence-corrected chi connectivity index (χ1v) is 7.58. The number of fused-ring (bicyclic) bond motifs is 1. The zero-order valence-corrected chi connectivity index (χ0v) is 13.8. The second kappa shape index (κ2) is 7.80. The second-order valence-corrected chi connectivity index (χ2v) is 4.84. The van der Waals surface area contributed by atoms with Gasteiger partial charge in [-0.05, 0) is 13.8 Å². The number of H-pyrrole nitrogens is 1. The number of aromatic amines is 1. The summed E-state index contributed by atoms with van der Waals surface area (Å²) < 4.78 is 9.80. The van der Waals surface area contributed by atoms with E-state index in [9.17, 15) is 20.1 Å². The highest BCUT2D eigenvalue weighted by Crippen LogP contribution is 2.08. The highest BCUT2D eigenvalue weighted by Gasteiger charge is 2.18. The molecule has 126 valence electrons. The normalized spacial score (nSPS) is 12.6. The van der Waals surface area contributed by atoms with Crippen LogP contribution in [0.15, 0.2) is 24.3 Å². The van der Waals surface area contributed by atoms with Crippen molar-refractivity contribution in [3.63, 3.8) is 0 Å². The largest absolute Gasteiger partial charge is 0.462 e. The molecule has 0 aliphatic carbocycles. The van der Waals surface area contributed by atoms with Crippen molar-refractivity contribution < 1.29 is 19.1 Å². The Morgan fingerprint density at radius 2 is 1.32 bits per heavy atom. The minimum absolute atomic E-state index is 0.119. The first-order chi connectivity index (χ1) is 12.1. The third-order valence-corrected chi connectivity index (χ3v) is 3.40. The maximum Gasteiger partial charge on any atom is 0.351 e. The van der Waals surface area contributed by atoms with Gasteiger partial charge in [-0.25, -0.2) is 9.59 Å². The van der Waals surface area contributed by atoms with Crippen LogP contribution in [0.4, 0.5) is 0 Å². The van der Waals surface area contributed by atoms with Crippen molar-refractivity contribution in [2.24, 2.45) is 0 Å². The van der Waals surface area contributed by atoms with E-state index >= 15 is 0 Å². The maximum atomic E-state index is 12.0. The molecule has 7 heteroatoms. The van der Waals surface area contributed by atoms with E-state index < -0.39 is 11.9 Å². The van der Waals surface area contributed by atoms with Crippen LogP contribution >= 0.6 is 0 Å². The lowest BCUT2D eigenvalue weighted by atomic mass is 10.1. The number of benzene rings is 1. The van der Waals surface area contributed by atoms with Gasteiger partial charge >= 0.3 is 11.9 Å². The fourth-order valence-corrected chi connectivity index (χ4v) is 2.39. The smallest absolute Gasteiger partial charge is 0.351 e. The van der Waals surface area contributed by atoms with E-state index in [4.69, 9.17) is 9.47 Å². The van der Waals surface area contributed by atoms with Gasteiger partial charge in [0, 0.05) is 10.8 Å². The Balaban J connectivity index is 2.98. The predicted octanol–water partition coefficient (Wildman–Crippen LogP) is 0.643. The SMILES string of the molecule is CCOC(=O)C(C#N)=c1[nH]c(=C(C#N)C(=O)OCC)c2ccccc12. The van der Waals surface area contributed by atoms with Crippen molar-refractivity contribution in [2.75, 3.05) is 13.2 Å². The molecular formula is C18H15N3O4. The first kappa shape index (κ1) is 17.8. The van der Waals surface area contributed by atoms with Gasteiger partial charge in [-0.1, -0.05) is 24.3 Å². The summed E-state index contributed by atoms with van der Waals surface area (Å²) in [5, 5.41) is 20.2. The predicted molar refractivity (Wildman–Crippen MR) is 88.9 cm³/mol. The number of hydrogen-bond acceptors (Lipinski definition) is 6. The number of nitrogens with zero attached hydrogens (tertiary/aromatic N) is 2. The van der Waals surface area contributed by atoms with Gasteiger partial charge in [0.05, 0.1) is 23.9 Å². The number of carbonyl (C=O) groups is 2. The molecule has 1 N–H and O–H groups in total. The highest BCUT2D eigenvalue weighted by atomic mass is 16.5. The van der Waals surface area contributed by atoms with Gasteiger partial charge in [0.1, 0.15) is 12.1 Å². The molecule has 25 heavy (non-hydrogen) atoms. The molecule has 0 aliphatic heterocycles. The minimum atomic E-state index is -0.779. The molecule has 0 saturated heterocycles. The van der Waals surface area contributed by atoms with Gasteiger partial charge in [0.25, 0.3) is 0 Å². The van der Waals surface area contributed by atoms with Crippen molar-refractivity contribution in [2.45, 2.75) is 13.8 Å². The van der Waals surface area contributed by atoms with Crippen LogP contribution in [0, 0.1) is 22.7 Å². The molecule has 1 heterocycles. The quantitative estimate of drug-likeness (QED) is 0.819. The monoisotopic (exact) mass is 337 g/mol. The van der Waals surface area contributed by atoms with E-state index in [0.717, 1.165) is 0 Å². The van der Waals surface area contributed by atoms with E-state index in [2.05, 4.69) is 4.98 Å². The molecule has 0 atom stereocenters. The Bertz CT molecular complexity index is 953. The molecule has 0 amide bonds. The van der Waals surface area contributed by atoms with E-state index in [1.807, 2.05) is 12.1 Å². The molecule has 2 rings (SSSR count). The molecule has 0 aliphatic rings. The number of rotatable bonds is 4. The van der Waals surface area contributed by atoms with Crippen LogP contribution in [-0.4, -0.2) is 30.1 Å². The Morgan fingerprint density at radius 1 is 0.920 bits per heavy atom. The fraction of sp³-hybridized carbons (Fsp3) is 0.222. The van der Waals surface area contributed by atoms with Crippen LogP contribution in [0.2, 0.25) is 0 Å². The number of aromatic nitrogens is 1. The van der Waals surface area contributed by atoms with Gasteiger partial charge in [0.2, 0.25) is 0 Å². The fourth-order valence-electron chi connectivity index (χ4n) is 2.39. The molecular weight excluding hydrogens is 322 g/mol. The van der Waals surface area contributed by atoms with Gasteiger partial charge < -0.3 is 14.5 Å². The topological polar surface area (TPSA) is 116 Å². The van der Waals surface area contributed by atoms with E-state index in [-0.39, 0.29) is 35.1 Å². The Labute approximate surface area is 143 Å². The molecule has 0 saturated carbocycles.